The van der Waals surface area contributed by atoms with Gasteiger partial charge in [0.15, 0.2) is 0 Å². The average molecular weight is 429 g/mol. The summed E-state index contributed by atoms with van der Waals surface area (Å²) in [6.45, 7) is 2.07. The highest BCUT2D eigenvalue weighted by molar-refractivity contribution is 5.59. The fourth-order valence-corrected chi connectivity index (χ4v) is 4.32. The van der Waals surface area contributed by atoms with E-state index in [-0.39, 0.29) is 0 Å². The van der Waals surface area contributed by atoms with Crippen molar-refractivity contribution < 1.29 is 0 Å². The van der Waals surface area contributed by atoms with Crippen LogP contribution in [0.5, 0.6) is 0 Å². The van der Waals surface area contributed by atoms with E-state index in [9.17, 15) is 0 Å². The Morgan fingerprint density at radius 2 is 0.969 bits per heavy atom. The van der Waals surface area contributed by atoms with Crippen molar-refractivity contribution in [2.75, 3.05) is 13.1 Å². The minimum Gasteiger partial charge on any atom is -0.339 e. The van der Waals surface area contributed by atoms with E-state index in [1.54, 1.807) is 24.8 Å². The Kier molecular flexibility index (Phi) is 4.93. The number of nitrogens with zero attached hydrogens (tertiary/aromatic N) is 6. The van der Waals surface area contributed by atoms with Gasteiger partial charge in [0.1, 0.15) is 34.4 Å². The van der Waals surface area contributed by atoms with E-state index in [0.29, 0.717) is 23.5 Å². The lowest BCUT2D eigenvalue weighted by Crippen LogP contribution is -2.14. The van der Waals surface area contributed by atoms with Gasteiger partial charge in [0, 0.05) is 0 Å². The maximum Gasteiger partial charge on any atom is 0.123 e. The van der Waals surface area contributed by atoms with Crippen molar-refractivity contribution in [3.8, 4) is 34.2 Å². The molecule has 0 unspecified atom stereocenters. The Hall–Kier alpha value is -3.50. The zero-order valence-electron chi connectivity index (χ0n) is 17.5. The minimum atomic E-state index is 0.296. The Morgan fingerprint density at radius 3 is 1.34 bits per heavy atom. The molecule has 0 aromatic carbocycles. The van der Waals surface area contributed by atoms with Gasteiger partial charge in [-0.2, -0.15) is 0 Å². The van der Waals surface area contributed by atoms with Gasteiger partial charge in [0.2, 0.25) is 0 Å². The Balaban J connectivity index is 1.17. The summed E-state index contributed by atoms with van der Waals surface area (Å²) in [5.74, 6) is 1.91. The third-order valence-electron chi connectivity index (χ3n) is 6.09. The van der Waals surface area contributed by atoms with Gasteiger partial charge in [-0.3, -0.25) is 19.9 Å². The number of hydrogen-bond acceptors (Lipinski definition) is 8. The summed E-state index contributed by atoms with van der Waals surface area (Å²) in [5, 5.41) is 6.89. The summed E-state index contributed by atoms with van der Waals surface area (Å²) in [4.78, 5) is 33.9. The molecule has 0 amide bonds. The van der Waals surface area contributed by atoms with Crippen molar-refractivity contribution in [1.82, 2.24) is 50.5 Å². The number of hydrogen-bond donors (Lipinski definition) is 4. The first-order valence-electron chi connectivity index (χ1n) is 11.1. The van der Waals surface area contributed by atoms with Crippen LogP contribution in [0.1, 0.15) is 49.4 Å². The summed E-state index contributed by atoms with van der Waals surface area (Å²) in [5.41, 5.74) is 4.57. The molecule has 2 fully saturated rings. The van der Waals surface area contributed by atoms with E-state index in [4.69, 9.17) is 0 Å². The quantitative estimate of drug-likeness (QED) is 0.381. The van der Waals surface area contributed by atoms with Gasteiger partial charge in [0.25, 0.3) is 0 Å². The lowest BCUT2D eigenvalue weighted by atomic mass is 10.2. The molecular weight excluding hydrogens is 404 g/mol. The second-order valence-corrected chi connectivity index (χ2v) is 8.24. The van der Waals surface area contributed by atoms with Gasteiger partial charge in [-0.1, -0.05) is 0 Å². The molecule has 0 bridgehead atoms. The second-order valence-electron chi connectivity index (χ2n) is 8.24. The topological polar surface area (TPSA) is 133 Å². The van der Waals surface area contributed by atoms with Crippen LogP contribution in [-0.2, 0) is 0 Å². The summed E-state index contributed by atoms with van der Waals surface area (Å²) in [6.07, 6.45) is 15.1. The molecule has 10 nitrogen and oxygen atoms in total. The third-order valence-corrected chi connectivity index (χ3v) is 6.09. The summed E-state index contributed by atoms with van der Waals surface area (Å²) in [7, 11) is 0. The van der Waals surface area contributed by atoms with E-state index in [0.717, 1.165) is 60.4 Å². The first-order valence-corrected chi connectivity index (χ1v) is 11.1. The monoisotopic (exact) mass is 428 g/mol. The van der Waals surface area contributed by atoms with Gasteiger partial charge < -0.3 is 20.6 Å². The molecule has 4 aromatic heterocycles. The van der Waals surface area contributed by atoms with Crippen molar-refractivity contribution in [2.24, 2.45) is 0 Å². The first-order chi connectivity index (χ1) is 15.8. The summed E-state index contributed by atoms with van der Waals surface area (Å²) >= 11 is 0. The van der Waals surface area contributed by atoms with Crippen molar-refractivity contribution in [2.45, 2.75) is 37.8 Å². The number of nitrogens with one attached hydrogen (secondary N) is 4. The van der Waals surface area contributed by atoms with Crippen LogP contribution in [0.4, 0.5) is 0 Å². The number of aromatic nitrogens is 8. The molecule has 6 rings (SSSR count). The lowest BCUT2D eigenvalue weighted by molar-refractivity contribution is 0.613. The van der Waals surface area contributed by atoms with Crippen LogP contribution in [0.3, 0.4) is 0 Å². The molecule has 2 aliphatic rings. The molecule has 2 aliphatic heterocycles. The first kappa shape index (κ1) is 19.2. The van der Waals surface area contributed by atoms with Crippen molar-refractivity contribution in [3.63, 3.8) is 0 Å². The van der Waals surface area contributed by atoms with Crippen molar-refractivity contribution >= 4 is 0 Å². The SMILES string of the molecule is c1nc(-c2cnc([C@@H]3CCCN3)[nH]2)cnc1-c1cnc(-c2cnc([C@@H]3CCCN3)[nH]2)cn1. The van der Waals surface area contributed by atoms with Crippen LogP contribution in [0.2, 0.25) is 0 Å². The molecule has 0 spiro atoms. The fourth-order valence-electron chi connectivity index (χ4n) is 4.32. The molecule has 10 heteroatoms. The van der Waals surface area contributed by atoms with Gasteiger partial charge in [-0.15, -0.1) is 0 Å². The van der Waals surface area contributed by atoms with Crippen molar-refractivity contribution in [3.05, 3.63) is 48.8 Å². The molecule has 32 heavy (non-hydrogen) atoms. The molecule has 4 N–H and O–H groups in total. The molecule has 4 aromatic rings. The highest BCUT2D eigenvalue weighted by Gasteiger charge is 2.20. The maximum atomic E-state index is 4.55. The number of imidazole rings is 2. The Bertz CT molecular complexity index is 1090. The van der Waals surface area contributed by atoms with Gasteiger partial charge in [-0.05, 0) is 38.8 Å². The third kappa shape index (κ3) is 3.67. The van der Waals surface area contributed by atoms with Gasteiger partial charge in [0.05, 0.1) is 60.7 Å². The molecule has 162 valence electrons. The standard InChI is InChI=1S/C22H24N10/c1-3-13(23-5-1)21-29-11-19(31-21)17-9-25-15(7-27-17)16-8-28-18(10-26-16)20-12-30-22(32-20)14-4-2-6-24-14/h7-14,23-24H,1-6H2,(H,29,31)(H,30,32)/t13-,14-/m0/s1. The van der Waals surface area contributed by atoms with Crippen LogP contribution >= 0.6 is 0 Å². The predicted octanol–water partition coefficient (Wildman–Crippen LogP) is 2.56. The molecule has 0 aliphatic carbocycles. The van der Waals surface area contributed by atoms with E-state index < -0.39 is 0 Å². The number of rotatable bonds is 5. The largest absolute Gasteiger partial charge is 0.339 e. The normalized spacial score (nSPS) is 20.8. The Morgan fingerprint density at radius 1 is 0.531 bits per heavy atom. The second kappa shape index (κ2) is 8.21. The van der Waals surface area contributed by atoms with Gasteiger partial charge in [-0.25, -0.2) is 9.97 Å². The summed E-state index contributed by atoms with van der Waals surface area (Å²) < 4.78 is 0. The zero-order valence-corrected chi connectivity index (χ0v) is 17.5. The van der Waals surface area contributed by atoms with E-state index >= 15 is 0 Å². The van der Waals surface area contributed by atoms with Crippen LogP contribution in [0, 0.1) is 0 Å². The van der Waals surface area contributed by atoms with E-state index in [2.05, 4.69) is 50.5 Å². The lowest BCUT2D eigenvalue weighted by Gasteiger charge is -2.06. The van der Waals surface area contributed by atoms with E-state index in [1.165, 1.54) is 12.8 Å². The number of H-pyrrole nitrogens is 2. The van der Waals surface area contributed by atoms with Crippen LogP contribution in [0.25, 0.3) is 34.2 Å². The van der Waals surface area contributed by atoms with Crippen molar-refractivity contribution in [1.29, 1.82) is 0 Å². The molecule has 2 atom stereocenters. The van der Waals surface area contributed by atoms with E-state index in [1.807, 2.05) is 12.4 Å². The molecule has 0 radical (unpaired) electrons. The fraction of sp³-hybridized carbons (Fsp3) is 0.364. The van der Waals surface area contributed by atoms with Gasteiger partial charge >= 0.3 is 0 Å². The number of aromatic amines is 2. The average Bonchev–Trinajstić information content (AvgIpc) is 3.66. The molecule has 0 saturated carbocycles. The maximum absolute atomic E-state index is 4.55. The smallest absolute Gasteiger partial charge is 0.123 e. The molecule has 6 heterocycles. The predicted molar refractivity (Wildman–Crippen MR) is 118 cm³/mol. The zero-order chi connectivity index (χ0) is 21.3. The molecular formula is C22H24N10. The molecule has 2 saturated heterocycles. The minimum absolute atomic E-state index is 0.296. The van der Waals surface area contributed by atoms with Crippen LogP contribution in [-0.4, -0.2) is 53.0 Å². The summed E-state index contributed by atoms with van der Waals surface area (Å²) in [6, 6.07) is 0.593. The Labute approximate surface area is 184 Å². The highest BCUT2D eigenvalue weighted by Crippen LogP contribution is 2.25. The highest BCUT2D eigenvalue weighted by atomic mass is 15.1. The van der Waals surface area contributed by atoms with Crippen LogP contribution in [0.15, 0.2) is 37.2 Å². The van der Waals surface area contributed by atoms with Crippen LogP contribution < -0.4 is 10.6 Å².